The van der Waals surface area contributed by atoms with Gasteiger partial charge in [-0.1, -0.05) is 13.8 Å². The van der Waals surface area contributed by atoms with Gasteiger partial charge in [-0.05, 0) is 5.92 Å². The molecule has 0 spiro atoms. The normalized spacial score (nSPS) is 12.7. The Morgan fingerprint density at radius 1 is 1.56 bits per heavy atom. The number of ether oxygens (including phenoxy) is 1. The second kappa shape index (κ2) is 7.38. The van der Waals surface area contributed by atoms with Gasteiger partial charge in [0, 0.05) is 31.9 Å². The van der Waals surface area contributed by atoms with Crippen LogP contribution in [0.5, 0.6) is 0 Å². The van der Waals surface area contributed by atoms with E-state index in [1.54, 1.807) is 24.1 Å². The lowest BCUT2D eigenvalue weighted by atomic mass is 10.2. The molecule has 0 aliphatic carbocycles. The number of nitrogens with one attached hydrogen (secondary N) is 1. The molecule has 0 saturated carbocycles. The van der Waals surface area contributed by atoms with E-state index >= 15 is 0 Å². The first-order chi connectivity index (χ1) is 8.58. The highest BCUT2D eigenvalue weighted by Gasteiger charge is 2.11. The number of methoxy groups -OCH3 is 1. The summed E-state index contributed by atoms with van der Waals surface area (Å²) in [5, 5.41) is 3.01. The number of rotatable bonds is 7. The van der Waals surface area contributed by atoms with Crippen LogP contribution in [0, 0.1) is 5.92 Å². The first kappa shape index (κ1) is 15.0. The smallest absolute Gasteiger partial charge is 0.293 e. The Kier molecular flexibility index (Phi) is 6.15. The summed E-state index contributed by atoms with van der Waals surface area (Å²) in [6.07, 6.45) is 3.31. The van der Waals surface area contributed by atoms with Gasteiger partial charge in [-0.3, -0.25) is 4.79 Å². The predicted octanol–water partition coefficient (Wildman–Crippen LogP) is 1.56. The van der Waals surface area contributed by atoms with E-state index in [1.165, 1.54) is 0 Å². The lowest BCUT2D eigenvalue weighted by molar-refractivity contribution is 0.191. The first-order valence-electron chi connectivity index (χ1n) is 5.95. The Hall–Kier alpha value is -1.07. The van der Waals surface area contributed by atoms with Crippen molar-refractivity contribution in [1.29, 1.82) is 0 Å². The van der Waals surface area contributed by atoms with Gasteiger partial charge in [0.1, 0.15) is 0 Å². The van der Waals surface area contributed by atoms with E-state index in [4.69, 9.17) is 16.3 Å². The van der Waals surface area contributed by atoms with Gasteiger partial charge in [-0.15, -0.1) is 11.6 Å². The van der Waals surface area contributed by atoms with Gasteiger partial charge in [-0.25, -0.2) is 4.98 Å². The van der Waals surface area contributed by atoms with Crippen LogP contribution >= 0.6 is 11.6 Å². The van der Waals surface area contributed by atoms with Crippen LogP contribution in [0.25, 0.3) is 0 Å². The van der Waals surface area contributed by atoms with E-state index in [9.17, 15) is 4.79 Å². The second-order valence-electron chi connectivity index (χ2n) is 4.58. The van der Waals surface area contributed by atoms with Crippen molar-refractivity contribution in [2.75, 3.05) is 24.9 Å². The summed E-state index contributed by atoms with van der Waals surface area (Å²) in [4.78, 5) is 16.2. The van der Waals surface area contributed by atoms with Crippen molar-refractivity contribution in [3.8, 4) is 0 Å². The Morgan fingerprint density at radius 2 is 2.28 bits per heavy atom. The molecule has 1 heterocycles. The van der Waals surface area contributed by atoms with Gasteiger partial charge in [-0.2, -0.15) is 0 Å². The number of alkyl halides is 1. The lowest BCUT2D eigenvalue weighted by Gasteiger charge is -2.16. The standard InChI is InChI=1S/C12H20ClN3O2/c1-9(2)7-16-5-4-14-11(12(16)17)15-10(6-13)8-18-3/h4-5,9-10H,6-8H2,1-3H3,(H,14,15). The molecule has 1 atom stereocenters. The molecule has 5 nitrogen and oxygen atoms in total. The molecular weight excluding hydrogens is 254 g/mol. The van der Waals surface area contributed by atoms with Crippen molar-refractivity contribution >= 4 is 17.4 Å². The third-order valence-corrected chi connectivity index (χ3v) is 2.74. The van der Waals surface area contributed by atoms with Gasteiger partial charge in [0.05, 0.1) is 12.6 Å². The number of halogens is 1. The van der Waals surface area contributed by atoms with Crippen molar-refractivity contribution in [2.24, 2.45) is 5.92 Å². The average molecular weight is 274 g/mol. The molecule has 1 aromatic heterocycles. The number of aromatic nitrogens is 2. The Bertz CT molecular complexity index is 420. The van der Waals surface area contributed by atoms with Crippen LogP contribution in [-0.2, 0) is 11.3 Å². The minimum absolute atomic E-state index is 0.119. The Labute approximate surface area is 112 Å². The zero-order valence-electron chi connectivity index (χ0n) is 11.0. The molecule has 1 rings (SSSR count). The Morgan fingerprint density at radius 3 is 2.83 bits per heavy atom. The van der Waals surface area contributed by atoms with Crippen LogP contribution in [0.15, 0.2) is 17.2 Å². The monoisotopic (exact) mass is 273 g/mol. The molecule has 1 aromatic rings. The van der Waals surface area contributed by atoms with E-state index in [0.717, 1.165) is 0 Å². The zero-order chi connectivity index (χ0) is 13.5. The molecule has 0 fully saturated rings. The molecule has 0 amide bonds. The fourth-order valence-electron chi connectivity index (χ4n) is 1.60. The molecule has 102 valence electrons. The first-order valence-corrected chi connectivity index (χ1v) is 6.48. The lowest BCUT2D eigenvalue weighted by Crippen LogP contribution is -2.33. The van der Waals surface area contributed by atoms with Gasteiger partial charge in [0.15, 0.2) is 5.82 Å². The predicted molar refractivity (Wildman–Crippen MR) is 73.3 cm³/mol. The third kappa shape index (κ3) is 4.31. The van der Waals surface area contributed by atoms with Crippen LogP contribution in [0.2, 0.25) is 0 Å². The molecule has 0 bridgehead atoms. The maximum atomic E-state index is 12.1. The molecule has 1 unspecified atom stereocenters. The van der Waals surface area contributed by atoms with Gasteiger partial charge >= 0.3 is 0 Å². The number of nitrogens with zero attached hydrogens (tertiary/aromatic N) is 2. The van der Waals surface area contributed by atoms with Crippen LogP contribution < -0.4 is 10.9 Å². The summed E-state index contributed by atoms with van der Waals surface area (Å²) >= 11 is 5.79. The summed E-state index contributed by atoms with van der Waals surface area (Å²) in [7, 11) is 1.59. The van der Waals surface area contributed by atoms with Crippen molar-refractivity contribution in [3.05, 3.63) is 22.7 Å². The maximum absolute atomic E-state index is 12.1. The van der Waals surface area contributed by atoms with Gasteiger partial charge < -0.3 is 14.6 Å². The van der Waals surface area contributed by atoms with Gasteiger partial charge in [0.2, 0.25) is 0 Å². The fraction of sp³-hybridized carbons (Fsp3) is 0.667. The number of hydrogen-bond acceptors (Lipinski definition) is 4. The summed E-state index contributed by atoms with van der Waals surface area (Å²) in [5.41, 5.74) is -0.127. The fourth-order valence-corrected chi connectivity index (χ4v) is 1.77. The van der Waals surface area contributed by atoms with E-state index < -0.39 is 0 Å². The Balaban J connectivity index is 2.86. The number of hydrogen-bond donors (Lipinski definition) is 1. The molecule has 0 aliphatic rings. The van der Waals surface area contributed by atoms with Crippen molar-refractivity contribution in [1.82, 2.24) is 9.55 Å². The maximum Gasteiger partial charge on any atom is 0.293 e. The zero-order valence-corrected chi connectivity index (χ0v) is 11.8. The van der Waals surface area contributed by atoms with Crippen molar-refractivity contribution < 1.29 is 4.74 Å². The van der Waals surface area contributed by atoms with E-state index in [-0.39, 0.29) is 11.6 Å². The molecule has 0 saturated heterocycles. The summed E-state index contributed by atoms with van der Waals surface area (Å²) < 4.78 is 6.67. The van der Waals surface area contributed by atoms with E-state index in [0.29, 0.717) is 30.8 Å². The molecule has 18 heavy (non-hydrogen) atoms. The highest BCUT2D eigenvalue weighted by Crippen LogP contribution is 2.02. The molecular formula is C12H20ClN3O2. The number of anilines is 1. The third-order valence-electron chi connectivity index (χ3n) is 2.37. The minimum atomic E-state index is -0.127. The minimum Gasteiger partial charge on any atom is -0.383 e. The van der Waals surface area contributed by atoms with Crippen LogP contribution in [-0.4, -0.2) is 35.2 Å². The highest BCUT2D eigenvalue weighted by molar-refractivity contribution is 6.18. The summed E-state index contributed by atoms with van der Waals surface area (Å²) in [6, 6.07) is -0.119. The quantitative estimate of drug-likeness (QED) is 0.766. The molecule has 6 heteroatoms. The van der Waals surface area contributed by atoms with Gasteiger partial charge in [0.25, 0.3) is 5.56 Å². The van der Waals surface area contributed by atoms with Crippen molar-refractivity contribution in [3.63, 3.8) is 0 Å². The average Bonchev–Trinajstić information content (AvgIpc) is 2.32. The van der Waals surface area contributed by atoms with Crippen LogP contribution in [0.1, 0.15) is 13.8 Å². The molecule has 1 N–H and O–H groups in total. The SMILES string of the molecule is COCC(CCl)Nc1nccn(CC(C)C)c1=O. The van der Waals surface area contributed by atoms with E-state index in [2.05, 4.69) is 24.1 Å². The highest BCUT2D eigenvalue weighted by atomic mass is 35.5. The largest absolute Gasteiger partial charge is 0.383 e. The molecule has 0 radical (unpaired) electrons. The molecule has 0 aromatic carbocycles. The topological polar surface area (TPSA) is 56.1 Å². The van der Waals surface area contributed by atoms with E-state index in [1.807, 2.05) is 0 Å². The second-order valence-corrected chi connectivity index (χ2v) is 4.89. The summed E-state index contributed by atoms with van der Waals surface area (Å²) in [6.45, 7) is 5.23. The van der Waals surface area contributed by atoms with Crippen LogP contribution in [0.3, 0.4) is 0 Å². The van der Waals surface area contributed by atoms with Crippen molar-refractivity contribution in [2.45, 2.75) is 26.4 Å². The van der Waals surface area contributed by atoms with Crippen LogP contribution in [0.4, 0.5) is 5.82 Å². The molecule has 0 aliphatic heterocycles. The summed E-state index contributed by atoms with van der Waals surface area (Å²) in [5.74, 6) is 1.08.